The van der Waals surface area contributed by atoms with Gasteiger partial charge in [-0.15, -0.1) is 0 Å². The van der Waals surface area contributed by atoms with Crippen LogP contribution in [0.2, 0.25) is 0 Å². The lowest BCUT2D eigenvalue weighted by atomic mass is 10.1. The van der Waals surface area contributed by atoms with Crippen LogP contribution in [0.5, 0.6) is 0 Å². The molecular weight excluding hydrogens is 276 g/mol. The third-order valence-corrected chi connectivity index (χ3v) is 4.18. The number of hydrogen-bond acceptors (Lipinski definition) is 4. The van der Waals surface area contributed by atoms with E-state index in [1.54, 1.807) is 23.9 Å². The van der Waals surface area contributed by atoms with Gasteiger partial charge in [0.1, 0.15) is 5.82 Å². The lowest BCUT2D eigenvalue weighted by molar-refractivity contribution is 0.318. The first-order chi connectivity index (χ1) is 10.7. The zero-order chi connectivity index (χ0) is 15.4. The van der Waals surface area contributed by atoms with Crippen LogP contribution < -0.4 is 10.9 Å². The van der Waals surface area contributed by atoms with Crippen LogP contribution in [0, 0.1) is 5.92 Å². The molecule has 22 heavy (non-hydrogen) atoms. The highest BCUT2D eigenvalue weighted by Crippen LogP contribution is 2.18. The van der Waals surface area contributed by atoms with Gasteiger partial charge in [-0.25, -0.2) is 4.98 Å². The van der Waals surface area contributed by atoms with Crippen molar-refractivity contribution in [3.05, 3.63) is 58.6 Å². The number of likely N-dealkylation sites (tertiary alicyclic amines) is 1. The standard InChI is InChI=1S/C17H22N4O/c1-20-8-5-14(10-17(20)22)12-21-9-6-15(13-21)11-19-16-4-2-3-7-18-16/h2-5,7-8,10,15H,6,9,11-13H2,1H3,(H,18,19)/t15-/m1/s1. The van der Waals surface area contributed by atoms with Crippen LogP contribution in [-0.4, -0.2) is 34.1 Å². The summed E-state index contributed by atoms with van der Waals surface area (Å²) < 4.78 is 1.60. The molecule has 0 aromatic carbocycles. The van der Waals surface area contributed by atoms with Crippen molar-refractivity contribution in [3.63, 3.8) is 0 Å². The largest absolute Gasteiger partial charge is 0.370 e. The predicted octanol–water partition coefficient (Wildman–Crippen LogP) is 1.71. The third kappa shape index (κ3) is 3.74. The molecule has 0 unspecified atom stereocenters. The van der Waals surface area contributed by atoms with Crippen LogP contribution in [0.25, 0.3) is 0 Å². The molecular formula is C17H22N4O. The van der Waals surface area contributed by atoms with Crippen molar-refractivity contribution in [2.75, 3.05) is 25.0 Å². The van der Waals surface area contributed by atoms with Gasteiger partial charge >= 0.3 is 0 Å². The average Bonchev–Trinajstić information content (AvgIpc) is 2.97. The van der Waals surface area contributed by atoms with E-state index >= 15 is 0 Å². The summed E-state index contributed by atoms with van der Waals surface area (Å²) in [5.74, 6) is 1.57. The van der Waals surface area contributed by atoms with Crippen LogP contribution in [0.1, 0.15) is 12.0 Å². The third-order valence-electron chi connectivity index (χ3n) is 4.18. The molecule has 1 fully saturated rings. The summed E-state index contributed by atoms with van der Waals surface area (Å²) in [5.41, 5.74) is 1.16. The van der Waals surface area contributed by atoms with Gasteiger partial charge < -0.3 is 9.88 Å². The smallest absolute Gasteiger partial charge is 0.250 e. The van der Waals surface area contributed by atoms with Gasteiger partial charge in [-0.1, -0.05) is 6.07 Å². The summed E-state index contributed by atoms with van der Waals surface area (Å²) in [6, 6.07) is 9.67. The van der Waals surface area contributed by atoms with E-state index < -0.39 is 0 Å². The molecule has 0 saturated carbocycles. The maximum Gasteiger partial charge on any atom is 0.250 e. The summed E-state index contributed by atoms with van der Waals surface area (Å²) in [5, 5.41) is 3.40. The van der Waals surface area contributed by atoms with Crippen molar-refractivity contribution in [1.29, 1.82) is 0 Å². The number of nitrogens with one attached hydrogen (secondary N) is 1. The Bertz CT molecular complexity index is 668. The minimum atomic E-state index is 0.0602. The second-order valence-electron chi connectivity index (χ2n) is 5.97. The maximum absolute atomic E-state index is 11.7. The van der Waals surface area contributed by atoms with Gasteiger partial charge in [0.05, 0.1) is 0 Å². The number of aromatic nitrogens is 2. The molecule has 3 heterocycles. The monoisotopic (exact) mass is 298 g/mol. The quantitative estimate of drug-likeness (QED) is 0.913. The Labute approximate surface area is 130 Å². The van der Waals surface area contributed by atoms with E-state index in [0.29, 0.717) is 5.92 Å². The fourth-order valence-electron chi connectivity index (χ4n) is 2.89. The first-order valence-electron chi connectivity index (χ1n) is 7.73. The van der Waals surface area contributed by atoms with Gasteiger partial charge in [-0.05, 0) is 42.6 Å². The predicted molar refractivity (Wildman–Crippen MR) is 87.8 cm³/mol. The first kappa shape index (κ1) is 14.8. The molecule has 0 aliphatic carbocycles. The van der Waals surface area contributed by atoms with Crippen LogP contribution in [0.15, 0.2) is 47.5 Å². The Morgan fingerprint density at radius 3 is 3.05 bits per heavy atom. The molecule has 1 saturated heterocycles. The van der Waals surface area contributed by atoms with Gasteiger partial charge in [-0.2, -0.15) is 0 Å². The van der Waals surface area contributed by atoms with Gasteiger partial charge in [-0.3, -0.25) is 9.69 Å². The second-order valence-corrected chi connectivity index (χ2v) is 5.97. The second kappa shape index (κ2) is 6.75. The highest BCUT2D eigenvalue weighted by atomic mass is 16.1. The number of pyridine rings is 2. The van der Waals surface area contributed by atoms with E-state index in [4.69, 9.17) is 0 Å². The zero-order valence-electron chi connectivity index (χ0n) is 12.9. The molecule has 5 nitrogen and oxygen atoms in total. The molecule has 0 spiro atoms. The fraction of sp³-hybridized carbons (Fsp3) is 0.412. The Balaban J connectivity index is 1.49. The molecule has 1 atom stereocenters. The number of rotatable bonds is 5. The summed E-state index contributed by atoms with van der Waals surface area (Å²) in [7, 11) is 1.78. The van der Waals surface area contributed by atoms with Gasteiger partial charge in [0.2, 0.25) is 0 Å². The molecule has 2 aromatic heterocycles. The zero-order valence-corrected chi connectivity index (χ0v) is 12.9. The minimum Gasteiger partial charge on any atom is -0.370 e. The molecule has 1 aliphatic heterocycles. The van der Waals surface area contributed by atoms with Crippen molar-refractivity contribution in [3.8, 4) is 0 Å². The molecule has 1 N–H and O–H groups in total. The van der Waals surface area contributed by atoms with E-state index in [2.05, 4.69) is 15.2 Å². The number of anilines is 1. The van der Waals surface area contributed by atoms with Crippen LogP contribution in [-0.2, 0) is 13.6 Å². The molecule has 0 radical (unpaired) electrons. The molecule has 1 aliphatic rings. The fourth-order valence-corrected chi connectivity index (χ4v) is 2.89. The first-order valence-corrected chi connectivity index (χ1v) is 7.73. The van der Waals surface area contributed by atoms with E-state index in [1.165, 1.54) is 6.42 Å². The Kier molecular flexibility index (Phi) is 4.53. The molecule has 2 aromatic rings. The summed E-state index contributed by atoms with van der Waals surface area (Å²) in [6.07, 6.45) is 4.83. The Morgan fingerprint density at radius 1 is 1.36 bits per heavy atom. The minimum absolute atomic E-state index is 0.0602. The molecule has 0 amide bonds. The van der Waals surface area contributed by atoms with Crippen LogP contribution >= 0.6 is 0 Å². The van der Waals surface area contributed by atoms with Crippen molar-refractivity contribution < 1.29 is 0 Å². The Morgan fingerprint density at radius 2 is 2.27 bits per heavy atom. The average molecular weight is 298 g/mol. The maximum atomic E-state index is 11.7. The number of aryl methyl sites for hydroxylation is 1. The lowest BCUT2D eigenvalue weighted by Crippen LogP contribution is -2.24. The topological polar surface area (TPSA) is 50.2 Å². The number of hydrogen-bond donors (Lipinski definition) is 1. The highest BCUT2D eigenvalue weighted by molar-refractivity contribution is 5.33. The van der Waals surface area contributed by atoms with Crippen molar-refractivity contribution in [1.82, 2.24) is 14.5 Å². The number of nitrogens with zero attached hydrogens (tertiary/aromatic N) is 3. The van der Waals surface area contributed by atoms with Crippen molar-refractivity contribution in [2.45, 2.75) is 13.0 Å². The summed E-state index contributed by atoms with van der Waals surface area (Å²) in [4.78, 5) is 18.4. The van der Waals surface area contributed by atoms with E-state index in [0.717, 1.165) is 37.6 Å². The van der Waals surface area contributed by atoms with Crippen molar-refractivity contribution in [2.24, 2.45) is 13.0 Å². The molecule has 3 rings (SSSR count). The van der Waals surface area contributed by atoms with Gasteiger partial charge in [0.15, 0.2) is 0 Å². The van der Waals surface area contributed by atoms with Crippen molar-refractivity contribution >= 4 is 5.82 Å². The van der Waals surface area contributed by atoms with E-state index in [1.807, 2.05) is 30.5 Å². The molecule has 0 bridgehead atoms. The van der Waals surface area contributed by atoms with Gasteiger partial charge in [0, 0.05) is 45.1 Å². The molecule has 116 valence electrons. The van der Waals surface area contributed by atoms with E-state index in [9.17, 15) is 4.79 Å². The highest BCUT2D eigenvalue weighted by Gasteiger charge is 2.22. The Hall–Kier alpha value is -2.14. The molecule has 5 heteroatoms. The SMILES string of the molecule is Cn1ccc(CN2CC[C@H](CNc3ccccn3)C2)cc1=O. The summed E-state index contributed by atoms with van der Waals surface area (Å²) >= 11 is 0. The van der Waals surface area contributed by atoms with Gasteiger partial charge in [0.25, 0.3) is 5.56 Å². The lowest BCUT2D eigenvalue weighted by Gasteiger charge is -2.16. The van der Waals surface area contributed by atoms with Crippen LogP contribution in [0.3, 0.4) is 0 Å². The van der Waals surface area contributed by atoms with E-state index in [-0.39, 0.29) is 5.56 Å². The normalized spacial score (nSPS) is 18.5. The van der Waals surface area contributed by atoms with Crippen LogP contribution in [0.4, 0.5) is 5.82 Å². The summed E-state index contributed by atoms with van der Waals surface area (Å²) in [6.45, 7) is 3.96.